The minimum Gasteiger partial charge on any atom is -0.487 e. The van der Waals surface area contributed by atoms with Crippen molar-refractivity contribution >= 4 is 13.9 Å². The van der Waals surface area contributed by atoms with Crippen molar-refractivity contribution < 1.29 is 19.4 Å². The minimum atomic E-state index is -1.88. The summed E-state index contributed by atoms with van der Waals surface area (Å²) in [6.45, 7) is 18.8. The average molecular weight is 423 g/mol. The van der Waals surface area contributed by atoms with Gasteiger partial charge in [-0.2, -0.15) is 0 Å². The summed E-state index contributed by atoms with van der Waals surface area (Å²) in [6.07, 6.45) is 5.60. The maximum Gasteiger partial charge on any atom is 0.254 e. The Morgan fingerprint density at radius 3 is 2.10 bits per heavy atom. The van der Waals surface area contributed by atoms with E-state index in [0.717, 1.165) is 6.42 Å². The van der Waals surface area contributed by atoms with Crippen LogP contribution in [0.1, 0.15) is 73.6 Å². The van der Waals surface area contributed by atoms with Gasteiger partial charge >= 0.3 is 0 Å². The molecule has 3 unspecified atom stereocenters. The highest BCUT2D eigenvalue weighted by atomic mass is 28.3. The standard InChI is InChI=1S/C24H42O4Si/c1-10-11-12-13-19(6)16-20(29(7,8)9)14-15-24(26)22(25)21(27-17(2)3)23(24)28-18(4)5/h17-20,26H,10-13,16H2,1-9H3. The van der Waals surface area contributed by atoms with Crippen molar-refractivity contribution in [1.82, 2.24) is 0 Å². The van der Waals surface area contributed by atoms with Crippen LogP contribution in [0.25, 0.3) is 0 Å². The van der Waals surface area contributed by atoms with Gasteiger partial charge in [0.1, 0.15) is 0 Å². The molecule has 0 aromatic heterocycles. The van der Waals surface area contributed by atoms with Gasteiger partial charge < -0.3 is 14.6 Å². The number of carbonyl (C=O) groups is 1. The Balaban J connectivity index is 3.09. The van der Waals surface area contributed by atoms with Gasteiger partial charge in [-0.25, -0.2) is 0 Å². The molecule has 0 aromatic carbocycles. The third kappa shape index (κ3) is 7.18. The highest BCUT2D eigenvalue weighted by molar-refractivity contribution is 6.78. The molecule has 4 nitrogen and oxygen atoms in total. The summed E-state index contributed by atoms with van der Waals surface area (Å²) in [5, 5.41) is 11.0. The van der Waals surface area contributed by atoms with Gasteiger partial charge in [-0.15, -0.1) is 0 Å². The molecule has 0 saturated carbocycles. The third-order valence-corrected chi connectivity index (χ3v) is 7.66. The van der Waals surface area contributed by atoms with Crippen molar-refractivity contribution in [3.63, 3.8) is 0 Å². The molecule has 0 fully saturated rings. The number of rotatable bonds is 11. The second kappa shape index (κ2) is 10.7. The molecule has 1 aliphatic rings. The smallest absolute Gasteiger partial charge is 0.254 e. The first-order valence-corrected chi connectivity index (χ1v) is 14.8. The van der Waals surface area contributed by atoms with E-state index in [1.807, 2.05) is 27.7 Å². The molecule has 1 aliphatic carbocycles. The van der Waals surface area contributed by atoms with Crippen LogP contribution >= 0.6 is 0 Å². The van der Waals surface area contributed by atoms with Crippen molar-refractivity contribution in [2.24, 2.45) is 5.92 Å². The van der Waals surface area contributed by atoms with Gasteiger partial charge in [-0.1, -0.05) is 71.0 Å². The largest absolute Gasteiger partial charge is 0.487 e. The van der Waals surface area contributed by atoms with Crippen molar-refractivity contribution in [3.05, 3.63) is 11.5 Å². The van der Waals surface area contributed by atoms with Crippen LogP contribution in [-0.2, 0) is 14.3 Å². The van der Waals surface area contributed by atoms with Crippen LogP contribution in [0, 0.1) is 17.8 Å². The molecule has 5 heteroatoms. The molecule has 0 radical (unpaired) electrons. The molecular formula is C24H42O4Si. The van der Waals surface area contributed by atoms with E-state index in [9.17, 15) is 9.90 Å². The zero-order valence-electron chi connectivity index (χ0n) is 20.0. The van der Waals surface area contributed by atoms with Crippen molar-refractivity contribution in [3.8, 4) is 11.8 Å². The molecular weight excluding hydrogens is 380 g/mol. The van der Waals surface area contributed by atoms with Crippen molar-refractivity contribution in [1.29, 1.82) is 0 Å². The first-order chi connectivity index (χ1) is 13.3. The molecule has 1 rings (SSSR count). The fourth-order valence-electron chi connectivity index (χ4n) is 3.39. The van der Waals surface area contributed by atoms with E-state index in [0.29, 0.717) is 5.92 Å². The van der Waals surface area contributed by atoms with E-state index < -0.39 is 19.5 Å². The first-order valence-electron chi connectivity index (χ1n) is 11.2. The normalized spacial score (nSPS) is 21.6. The van der Waals surface area contributed by atoms with E-state index in [1.165, 1.54) is 25.7 Å². The molecule has 0 saturated heterocycles. The van der Waals surface area contributed by atoms with Gasteiger partial charge in [-0.05, 0) is 40.0 Å². The van der Waals surface area contributed by atoms with Gasteiger partial charge in [0.25, 0.3) is 11.4 Å². The predicted molar refractivity (Wildman–Crippen MR) is 122 cm³/mol. The zero-order chi connectivity index (χ0) is 22.4. The van der Waals surface area contributed by atoms with Gasteiger partial charge in [0.05, 0.1) is 20.3 Å². The predicted octanol–water partition coefficient (Wildman–Crippen LogP) is 5.68. The lowest BCUT2D eigenvalue weighted by molar-refractivity contribution is -0.143. The number of unbranched alkanes of at least 4 members (excludes halogenated alkanes) is 2. The fourth-order valence-corrected chi connectivity index (χ4v) is 5.00. The molecule has 0 spiro atoms. The lowest BCUT2D eigenvalue weighted by Crippen LogP contribution is -2.52. The number of Topliss-reactive ketones (excluding diaryl/α,β-unsaturated/α-hetero) is 1. The van der Waals surface area contributed by atoms with Gasteiger partial charge in [0.15, 0.2) is 5.76 Å². The summed E-state index contributed by atoms with van der Waals surface area (Å²) < 4.78 is 11.3. The summed E-state index contributed by atoms with van der Waals surface area (Å²) in [4.78, 5) is 12.7. The number of ether oxygens (including phenoxy) is 2. The molecule has 166 valence electrons. The number of carbonyl (C=O) groups excluding carboxylic acids is 1. The van der Waals surface area contributed by atoms with Gasteiger partial charge in [0.2, 0.25) is 5.76 Å². The number of hydrogen-bond donors (Lipinski definition) is 1. The maximum absolute atomic E-state index is 12.7. The fraction of sp³-hybridized carbons (Fsp3) is 0.792. The van der Waals surface area contributed by atoms with Crippen LogP contribution < -0.4 is 0 Å². The summed E-state index contributed by atoms with van der Waals surface area (Å²) in [6, 6.07) is 0. The average Bonchev–Trinajstić information content (AvgIpc) is 2.60. The van der Waals surface area contributed by atoms with Crippen molar-refractivity contribution in [2.45, 2.75) is 117 Å². The van der Waals surface area contributed by atoms with Crippen LogP contribution in [0.4, 0.5) is 0 Å². The lowest BCUT2D eigenvalue weighted by Gasteiger charge is -2.36. The summed E-state index contributed by atoms with van der Waals surface area (Å²) in [5.74, 6) is 6.60. The summed E-state index contributed by atoms with van der Waals surface area (Å²) in [5.41, 5.74) is -1.66. The molecule has 0 amide bonds. The minimum absolute atomic E-state index is 0.114. The number of hydrogen-bond acceptors (Lipinski definition) is 4. The monoisotopic (exact) mass is 422 g/mol. The third-order valence-electron chi connectivity index (χ3n) is 5.19. The SMILES string of the molecule is CCCCCC(C)CC(C#CC1(O)C(=O)C(OC(C)C)=C1OC(C)C)[Si](C)(C)C. The van der Waals surface area contributed by atoms with Crippen LogP contribution in [0.2, 0.25) is 25.2 Å². The summed E-state index contributed by atoms with van der Waals surface area (Å²) >= 11 is 0. The molecule has 3 atom stereocenters. The second-order valence-electron chi connectivity index (χ2n) is 10.1. The Hall–Kier alpha value is -1.25. The zero-order valence-corrected chi connectivity index (χ0v) is 21.0. The maximum atomic E-state index is 12.7. The Labute approximate surface area is 179 Å². The van der Waals surface area contributed by atoms with Crippen LogP contribution in [0.3, 0.4) is 0 Å². The Morgan fingerprint density at radius 1 is 1.03 bits per heavy atom. The second-order valence-corrected chi connectivity index (χ2v) is 15.5. The van der Waals surface area contributed by atoms with E-state index in [4.69, 9.17) is 9.47 Å². The summed E-state index contributed by atoms with van der Waals surface area (Å²) in [7, 11) is -1.59. The molecule has 0 bridgehead atoms. The lowest BCUT2D eigenvalue weighted by atomic mass is 9.83. The molecule has 0 heterocycles. The van der Waals surface area contributed by atoms with E-state index in [2.05, 4.69) is 45.3 Å². The Kier molecular flexibility index (Phi) is 9.49. The van der Waals surface area contributed by atoms with Crippen LogP contribution in [-0.4, -0.2) is 36.8 Å². The Bertz CT molecular complexity index is 648. The molecule has 0 aromatic rings. The highest BCUT2D eigenvalue weighted by Gasteiger charge is 2.56. The number of ketones is 1. The van der Waals surface area contributed by atoms with Gasteiger partial charge in [0, 0.05) is 5.54 Å². The molecule has 1 N–H and O–H groups in total. The van der Waals surface area contributed by atoms with Gasteiger partial charge in [-0.3, -0.25) is 4.79 Å². The van der Waals surface area contributed by atoms with E-state index in [-0.39, 0.29) is 29.3 Å². The molecule has 29 heavy (non-hydrogen) atoms. The topological polar surface area (TPSA) is 55.8 Å². The first kappa shape index (κ1) is 25.8. The van der Waals surface area contributed by atoms with Crippen molar-refractivity contribution in [2.75, 3.05) is 0 Å². The Morgan fingerprint density at radius 2 is 1.62 bits per heavy atom. The highest BCUT2D eigenvalue weighted by Crippen LogP contribution is 2.39. The van der Waals surface area contributed by atoms with Crippen LogP contribution in [0.15, 0.2) is 11.5 Å². The van der Waals surface area contributed by atoms with Crippen LogP contribution in [0.5, 0.6) is 0 Å². The van der Waals surface area contributed by atoms with E-state index >= 15 is 0 Å². The number of aliphatic hydroxyl groups is 1. The molecule has 0 aliphatic heterocycles. The quantitative estimate of drug-likeness (QED) is 0.264. The van der Waals surface area contributed by atoms with E-state index in [1.54, 1.807) is 0 Å².